The van der Waals surface area contributed by atoms with Crippen LogP contribution in [0.2, 0.25) is 0 Å². The molecule has 128 valence electrons. The molecule has 2 aliphatic heterocycles. The van der Waals surface area contributed by atoms with E-state index in [-0.39, 0.29) is 23.8 Å². The number of hydrogen-bond acceptors (Lipinski definition) is 6. The van der Waals surface area contributed by atoms with Crippen LogP contribution in [0.5, 0.6) is 0 Å². The standard InChI is InChI=1S/C18H20O6/c1-4-9-6-11-12(15(20)23-14(11)19)8-18(3)13(7-10(9)5-2)16(21)24-17(18)22/h7,9-10H,4-6,8H2,1-3H3. The largest absolute Gasteiger partial charge is 0.389 e. The Bertz CT molecular complexity index is 713. The summed E-state index contributed by atoms with van der Waals surface area (Å²) < 4.78 is 9.60. The van der Waals surface area contributed by atoms with Crippen molar-refractivity contribution in [1.82, 2.24) is 0 Å². The highest BCUT2D eigenvalue weighted by atomic mass is 16.6. The predicted octanol–water partition coefficient (Wildman–Crippen LogP) is 2.23. The van der Waals surface area contributed by atoms with Gasteiger partial charge >= 0.3 is 23.9 Å². The highest BCUT2D eigenvalue weighted by Gasteiger charge is 2.53. The molecule has 24 heavy (non-hydrogen) atoms. The number of allylic oxidation sites excluding steroid dienone is 1. The highest BCUT2D eigenvalue weighted by Crippen LogP contribution is 2.47. The Kier molecular flexibility index (Phi) is 3.94. The summed E-state index contributed by atoms with van der Waals surface area (Å²) in [5.41, 5.74) is -0.417. The van der Waals surface area contributed by atoms with E-state index in [1.54, 1.807) is 6.92 Å². The summed E-state index contributed by atoms with van der Waals surface area (Å²) in [6.07, 6.45) is 3.72. The fourth-order valence-corrected chi connectivity index (χ4v) is 3.86. The number of ether oxygens (including phenoxy) is 2. The zero-order valence-electron chi connectivity index (χ0n) is 14.0. The van der Waals surface area contributed by atoms with Crippen molar-refractivity contribution in [1.29, 1.82) is 0 Å². The molecule has 0 saturated carbocycles. The molecule has 0 N–H and O–H groups in total. The minimum absolute atomic E-state index is 0.0122. The SMILES string of the molecule is CCC1C=C2C(=O)OC(=O)C2(C)CC2=C(CC1CC)C(=O)OC2=O. The van der Waals surface area contributed by atoms with Gasteiger partial charge in [-0.15, -0.1) is 0 Å². The summed E-state index contributed by atoms with van der Waals surface area (Å²) in [4.78, 5) is 48.7. The van der Waals surface area contributed by atoms with Crippen molar-refractivity contribution in [3.05, 3.63) is 22.8 Å². The lowest BCUT2D eigenvalue weighted by Gasteiger charge is -2.23. The molecular weight excluding hydrogens is 312 g/mol. The molecule has 1 saturated heterocycles. The van der Waals surface area contributed by atoms with Crippen molar-refractivity contribution in [2.24, 2.45) is 17.3 Å². The molecule has 0 spiro atoms. The summed E-state index contributed by atoms with van der Waals surface area (Å²) in [5, 5.41) is 0. The Balaban J connectivity index is 2.20. The van der Waals surface area contributed by atoms with Gasteiger partial charge in [-0.1, -0.05) is 26.3 Å². The molecule has 2 heterocycles. The molecule has 0 bridgehead atoms. The van der Waals surface area contributed by atoms with E-state index in [4.69, 9.17) is 9.47 Å². The third kappa shape index (κ3) is 2.32. The van der Waals surface area contributed by atoms with Crippen LogP contribution < -0.4 is 0 Å². The molecular formula is C18H20O6. The highest BCUT2D eigenvalue weighted by molar-refractivity contribution is 6.14. The lowest BCUT2D eigenvalue weighted by Crippen LogP contribution is -2.27. The van der Waals surface area contributed by atoms with Gasteiger partial charge in [-0.3, -0.25) is 4.79 Å². The van der Waals surface area contributed by atoms with E-state index in [2.05, 4.69) is 0 Å². The number of fused-ring (bicyclic) bond motifs is 1. The first-order valence-electron chi connectivity index (χ1n) is 8.29. The molecule has 1 fully saturated rings. The third-order valence-electron chi connectivity index (χ3n) is 5.47. The van der Waals surface area contributed by atoms with Crippen molar-refractivity contribution in [3.63, 3.8) is 0 Å². The van der Waals surface area contributed by atoms with Crippen LogP contribution in [0.4, 0.5) is 0 Å². The van der Waals surface area contributed by atoms with E-state index in [0.717, 1.165) is 12.8 Å². The minimum Gasteiger partial charge on any atom is -0.389 e. The molecule has 0 amide bonds. The van der Waals surface area contributed by atoms with E-state index in [9.17, 15) is 19.2 Å². The van der Waals surface area contributed by atoms with Gasteiger partial charge < -0.3 is 9.47 Å². The maximum Gasteiger partial charge on any atom is 0.342 e. The van der Waals surface area contributed by atoms with Crippen molar-refractivity contribution < 1.29 is 28.7 Å². The Morgan fingerprint density at radius 2 is 1.67 bits per heavy atom. The normalized spacial score (nSPS) is 33.2. The number of esters is 4. The molecule has 3 atom stereocenters. The second-order valence-corrected chi connectivity index (χ2v) is 6.84. The average Bonchev–Trinajstić information content (AvgIpc) is 2.92. The van der Waals surface area contributed by atoms with Gasteiger partial charge in [0.2, 0.25) is 0 Å². The van der Waals surface area contributed by atoms with Crippen LogP contribution >= 0.6 is 0 Å². The maximum atomic E-state index is 12.3. The quantitative estimate of drug-likeness (QED) is 0.569. The minimum atomic E-state index is -1.25. The second kappa shape index (κ2) is 5.69. The fourth-order valence-electron chi connectivity index (χ4n) is 3.86. The number of cyclic esters (lactones) is 4. The molecule has 3 rings (SSSR count). The average molecular weight is 332 g/mol. The summed E-state index contributed by atoms with van der Waals surface area (Å²) in [5.74, 6) is -2.59. The third-order valence-corrected chi connectivity index (χ3v) is 5.47. The fraction of sp³-hybridized carbons (Fsp3) is 0.556. The van der Waals surface area contributed by atoms with Crippen LogP contribution in [-0.4, -0.2) is 23.9 Å². The van der Waals surface area contributed by atoms with Crippen LogP contribution in [0, 0.1) is 17.3 Å². The molecule has 3 aliphatic rings. The van der Waals surface area contributed by atoms with E-state index < -0.39 is 29.3 Å². The van der Waals surface area contributed by atoms with Crippen LogP contribution in [0.3, 0.4) is 0 Å². The van der Waals surface area contributed by atoms with Gasteiger partial charge in [0.15, 0.2) is 0 Å². The zero-order valence-corrected chi connectivity index (χ0v) is 14.0. The van der Waals surface area contributed by atoms with E-state index in [1.165, 1.54) is 0 Å². The monoisotopic (exact) mass is 332 g/mol. The van der Waals surface area contributed by atoms with E-state index >= 15 is 0 Å². The van der Waals surface area contributed by atoms with Crippen molar-refractivity contribution in [3.8, 4) is 0 Å². The summed E-state index contributed by atoms with van der Waals surface area (Å²) in [6.45, 7) is 5.59. The van der Waals surface area contributed by atoms with Gasteiger partial charge in [0.25, 0.3) is 0 Å². The van der Waals surface area contributed by atoms with Crippen molar-refractivity contribution in [2.75, 3.05) is 0 Å². The molecule has 0 radical (unpaired) electrons. The van der Waals surface area contributed by atoms with Gasteiger partial charge in [-0.2, -0.15) is 0 Å². The molecule has 1 aliphatic carbocycles. The van der Waals surface area contributed by atoms with Gasteiger partial charge in [-0.25, -0.2) is 14.4 Å². The second-order valence-electron chi connectivity index (χ2n) is 6.84. The van der Waals surface area contributed by atoms with Crippen LogP contribution in [-0.2, 0) is 28.7 Å². The Morgan fingerprint density at radius 1 is 1.00 bits per heavy atom. The van der Waals surface area contributed by atoms with Gasteiger partial charge in [0.05, 0.1) is 5.57 Å². The number of carbonyl (C=O) groups excluding carboxylic acids is 4. The van der Waals surface area contributed by atoms with Gasteiger partial charge in [0.1, 0.15) is 5.41 Å². The Hall–Kier alpha value is -2.24. The van der Waals surface area contributed by atoms with E-state index in [0.29, 0.717) is 17.6 Å². The topological polar surface area (TPSA) is 86.7 Å². The molecule has 0 aromatic carbocycles. The summed E-state index contributed by atoms with van der Waals surface area (Å²) in [6, 6.07) is 0. The van der Waals surface area contributed by atoms with Crippen molar-refractivity contribution >= 4 is 23.9 Å². The lowest BCUT2D eigenvalue weighted by atomic mass is 9.76. The number of rotatable bonds is 2. The molecule has 6 nitrogen and oxygen atoms in total. The summed E-state index contributed by atoms with van der Waals surface area (Å²) in [7, 11) is 0. The number of carbonyl (C=O) groups is 4. The molecule has 3 unspecified atom stereocenters. The van der Waals surface area contributed by atoms with Crippen molar-refractivity contribution in [2.45, 2.75) is 46.5 Å². The van der Waals surface area contributed by atoms with Crippen LogP contribution in [0.15, 0.2) is 22.8 Å². The molecule has 0 aromatic rings. The van der Waals surface area contributed by atoms with Crippen LogP contribution in [0.25, 0.3) is 0 Å². The zero-order chi connectivity index (χ0) is 17.6. The predicted molar refractivity (Wildman–Crippen MR) is 82.2 cm³/mol. The first-order valence-corrected chi connectivity index (χ1v) is 8.29. The Labute approximate surface area is 139 Å². The molecule has 6 heteroatoms. The van der Waals surface area contributed by atoms with Crippen LogP contribution in [0.1, 0.15) is 46.5 Å². The molecule has 0 aromatic heterocycles. The van der Waals surface area contributed by atoms with Gasteiger partial charge in [-0.05, 0) is 31.6 Å². The lowest BCUT2D eigenvalue weighted by molar-refractivity contribution is -0.154. The van der Waals surface area contributed by atoms with Gasteiger partial charge in [0, 0.05) is 17.6 Å². The number of hydrogen-bond donors (Lipinski definition) is 0. The summed E-state index contributed by atoms with van der Waals surface area (Å²) >= 11 is 0. The first kappa shape index (κ1) is 16.6. The first-order chi connectivity index (χ1) is 11.3. The van der Waals surface area contributed by atoms with E-state index in [1.807, 2.05) is 19.9 Å². The smallest absolute Gasteiger partial charge is 0.342 e. The maximum absolute atomic E-state index is 12.3. The Morgan fingerprint density at radius 3 is 2.29 bits per heavy atom.